The Hall–Kier alpha value is -1.64. The first-order valence-corrected chi connectivity index (χ1v) is 7.78. The fraction of sp³-hybridized carbons (Fsp3) is 0.417. The summed E-state index contributed by atoms with van der Waals surface area (Å²) in [6.45, 7) is 3.56. The molecule has 3 rings (SSSR count). The lowest BCUT2D eigenvalue weighted by atomic mass is 10.3. The predicted molar refractivity (Wildman–Crippen MR) is 73.1 cm³/mol. The summed E-state index contributed by atoms with van der Waals surface area (Å²) < 4.78 is 31.6. The van der Waals surface area contributed by atoms with Crippen LogP contribution in [0.4, 0.5) is 0 Å². The summed E-state index contributed by atoms with van der Waals surface area (Å²) in [6.07, 6.45) is 0. The summed E-state index contributed by atoms with van der Waals surface area (Å²) in [5.41, 5.74) is 0.737. The molecule has 108 valence electrons. The zero-order valence-electron chi connectivity index (χ0n) is 10.9. The van der Waals surface area contributed by atoms with Crippen molar-refractivity contribution >= 4 is 21.1 Å². The van der Waals surface area contributed by atoms with Crippen LogP contribution in [0.15, 0.2) is 32.3 Å². The minimum atomic E-state index is -3.56. The maximum atomic E-state index is 12.6. The van der Waals surface area contributed by atoms with Gasteiger partial charge in [-0.05, 0) is 25.1 Å². The first kappa shape index (κ1) is 13.3. The number of fused-ring (bicyclic) bond motifs is 1. The molecule has 1 aromatic heterocycles. The van der Waals surface area contributed by atoms with Crippen molar-refractivity contribution < 1.29 is 12.8 Å². The summed E-state index contributed by atoms with van der Waals surface area (Å²) in [5.74, 6) is -0.593. The third-order valence-electron chi connectivity index (χ3n) is 3.44. The van der Waals surface area contributed by atoms with Gasteiger partial charge in [0.05, 0.1) is 10.4 Å². The number of oxazole rings is 1. The maximum Gasteiger partial charge on any atom is 0.417 e. The number of piperazine rings is 1. The molecule has 20 heavy (non-hydrogen) atoms. The number of nitrogens with one attached hydrogen (secondary N) is 2. The number of hydrogen-bond donors (Lipinski definition) is 2. The highest BCUT2D eigenvalue weighted by molar-refractivity contribution is 7.89. The minimum absolute atomic E-state index is 0.104. The molecule has 1 aliphatic heterocycles. The quantitative estimate of drug-likeness (QED) is 0.820. The van der Waals surface area contributed by atoms with Gasteiger partial charge in [-0.2, -0.15) is 4.31 Å². The van der Waals surface area contributed by atoms with Gasteiger partial charge in [-0.1, -0.05) is 0 Å². The summed E-state index contributed by atoms with van der Waals surface area (Å²) in [6, 6.07) is 4.29. The molecule has 0 saturated carbocycles. The van der Waals surface area contributed by atoms with E-state index in [0.29, 0.717) is 30.7 Å². The Morgan fingerprint density at radius 2 is 2.20 bits per heavy atom. The number of aromatic amines is 1. The van der Waals surface area contributed by atoms with Crippen LogP contribution in [0.1, 0.15) is 6.92 Å². The van der Waals surface area contributed by atoms with Gasteiger partial charge in [-0.25, -0.2) is 13.2 Å². The van der Waals surface area contributed by atoms with Crippen LogP contribution in [0.2, 0.25) is 0 Å². The Kier molecular flexibility index (Phi) is 3.15. The molecule has 2 aromatic rings. The van der Waals surface area contributed by atoms with E-state index in [9.17, 15) is 13.2 Å². The molecule has 2 heterocycles. The second-order valence-corrected chi connectivity index (χ2v) is 6.73. The average molecular weight is 297 g/mol. The van der Waals surface area contributed by atoms with Gasteiger partial charge in [0.25, 0.3) is 0 Å². The molecule has 8 heteroatoms. The Morgan fingerprint density at radius 1 is 1.40 bits per heavy atom. The SMILES string of the molecule is C[C@H]1CNCCN1S(=O)(=O)c1ccc2oc(=O)[nH]c2c1. The van der Waals surface area contributed by atoms with Crippen LogP contribution in [0.3, 0.4) is 0 Å². The van der Waals surface area contributed by atoms with Gasteiger partial charge in [0.2, 0.25) is 10.0 Å². The molecule has 0 radical (unpaired) electrons. The lowest BCUT2D eigenvalue weighted by Gasteiger charge is -2.32. The third-order valence-corrected chi connectivity index (χ3v) is 5.45. The zero-order chi connectivity index (χ0) is 14.3. The summed E-state index contributed by atoms with van der Waals surface area (Å²) in [5, 5.41) is 3.15. The van der Waals surface area contributed by atoms with Crippen molar-refractivity contribution in [2.75, 3.05) is 19.6 Å². The number of hydrogen-bond acceptors (Lipinski definition) is 5. The fourth-order valence-electron chi connectivity index (χ4n) is 2.41. The number of aromatic nitrogens is 1. The lowest BCUT2D eigenvalue weighted by molar-refractivity contribution is 0.284. The van der Waals surface area contributed by atoms with Crippen LogP contribution in [0.5, 0.6) is 0 Å². The number of H-pyrrole nitrogens is 1. The number of rotatable bonds is 2. The topological polar surface area (TPSA) is 95.4 Å². The molecule has 2 N–H and O–H groups in total. The van der Waals surface area contributed by atoms with E-state index in [1.165, 1.54) is 22.5 Å². The van der Waals surface area contributed by atoms with Crippen LogP contribution in [-0.4, -0.2) is 43.4 Å². The number of sulfonamides is 1. The van der Waals surface area contributed by atoms with Crippen molar-refractivity contribution in [1.82, 2.24) is 14.6 Å². The molecule has 0 unspecified atom stereocenters. The van der Waals surface area contributed by atoms with Crippen LogP contribution in [0.25, 0.3) is 11.1 Å². The van der Waals surface area contributed by atoms with Gasteiger partial charge in [-0.3, -0.25) is 4.98 Å². The smallest absolute Gasteiger partial charge is 0.408 e. The van der Waals surface area contributed by atoms with Crippen molar-refractivity contribution in [1.29, 1.82) is 0 Å². The van der Waals surface area contributed by atoms with Gasteiger partial charge < -0.3 is 9.73 Å². The fourth-order valence-corrected chi connectivity index (χ4v) is 4.06. The number of benzene rings is 1. The molecule has 0 spiro atoms. The van der Waals surface area contributed by atoms with Crippen LogP contribution >= 0.6 is 0 Å². The molecule has 1 aliphatic rings. The van der Waals surface area contributed by atoms with E-state index >= 15 is 0 Å². The summed E-state index contributed by atoms with van der Waals surface area (Å²) in [4.78, 5) is 13.7. The van der Waals surface area contributed by atoms with Gasteiger partial charge in [0.15, 0.2) is 5.58 Å². The van der Waals surface area contributed by atoms with Crippen molar-refractivity contribution in [2.24, 2.45) is 0 Å². The van der Waals surface area contributed by atoms with Crippen LogP contribution in [-0.2, 0) is 10.0 Å². The van der Waals surface area contributed by atoms with E-state index in [4.69, 9.17) is 4.42 Å². The van der Waals surface area contributed by atoms with Gasteiger partial charge in [-0.15, -0.1) is 0 Å². The third kappa shape index (κ3) is 2.15. The van der Waals surface area contributed by atoms with Gasteiger partial charge in [0.1, 0.15) is 0 Å². The van der Waals surface area contributed by atoms with Gasteiger partial charge in [0, 0.05) is 25.7 Å². The molecule has 0 aliphatic carbocycles. The Bertz CT molecular complexity index is 792. The van der Waals surface area contributed by atoms with E-state index in [-0.39, 0.29) is 10.9 Å². The van der Waals surface area contributed by atoms with E-state index in [1.807, 2.05) is 6.92 Å². The normalized spacial score (nSPS) is 21.4. The minimum Gasteiger partial charge on any atom is -0.408 e. The second kappa shape index (κ2) is 4.72. The first-order chi connectivity index (χ1) is 9.48. The van der Waals surface area contributed by atoms with E-state index in [2.05, 4.69) is 10.3 Å². The van der Waals surface area contributed by atoms with Crippen LogP contribution in [0, 0.1) is 0 Å². The molecular weight excluding hydrogens is 282 g/mol. The predicted octanol–water partition coefficient (Wildman–Crippen LogP) is 0.103. The van der Waals surface area contributed by atoms with Crippen molar-refractivity contribution in [2.45, 2.75) is 17.9 Å². The average Bonchev–Trinajstić information content (AvgIpc) is 2.78. The Labute approximate surface area is 115 Å². The highest BCUT2D eigenvalue weighted by atomic mass is 32.2. The van der Waals surface area contributed by atoms with Crippen molar-refractivity contribution in [3.05, 3.63) is 28.7 Å². The highest BCUT2D eigenvalue weighted by Crippen LogP contribution is 2.22. The van der Waals surface area contributed by atoms with E-state index in [1.54, 1.807) is 0 Å². The molecule has 0 amide bonds. The largest absolute Gasteiger partial charge is 0.417 e. The lowest BCUT2D eigenvalue weighted by Crippen LogP contribution is -2.52. The molecule has 0 bridgehead atoms. The number of nitrogens with zero attached hydrogens (tertiary/aromatic N) is 1. The standard InChI is InChI=1S/C12H15N3O4S/c1-8-7-13-4-5-15(8)20(17,18)9-2-3-11-10(6-9)14-12(16)19-11/h2-3,6,8,13H,4-5,7H2,1H3,(H,14,16)/t8-/m0/s1. The monoisotopic (exact) mass is 297 g/mol. The van der Waals surface area contributed by atoms with Crippen molar-refractivity contribution in [3.8, 4) is 0 Å². The van der Waals surface area contributed by atoms with Crippen molar-refractivity contribution in [3.63, 3.8) is 0 Å². The summed E-state index contributed by atoms with van der Waals surface area (Å²) >= 11 is 0. The van der Waals surface area contributed by atoms with E-state index < -0.39 is 15.8 Å². The highest BCUT2D eigenvalue weighted by Gasteiger charge is 2.31. The Balaban J connectivity index is 2.05. The molecule has 7 nitrogen and oxygen atoms in total. The molecule has 1 atom stereocenters. The maximum absolute atomic E-state index is 12.6. The first-order valence-electron chi connectivity index (χ1n) is 6.34. The van der Waals surface area contributed by atoms with E-state index in [0.717, 1.165) is 0 Å². The molecule has 1 fully saturated rings. The summed E-state index contributed by atoms with van der Waals surface area (Å²) in [7, 11) is -3.56. The molecule has 1 aromatic carbocycles. The second-order valence-electron chi connectivity index (χ2n) is 4.84. The zero-order valence-corrected chi connectivity index (χ0v) is 11.7. The van der Waals surface area contributed by atoms with Crippen LogP contribution < -0.4 is 11.1 Å². The molecular formula is C12H15N3O4S. The molecule has 1 saturated heterocycles. The van der Waals surface area contributed by atoms with Gasteiger partial charge >= 0.3 is 5.76 Å². The Morgan fingerprint density at radius 3 is 2.95 bits per heavy atom.